The summed E-state index contributed by atoms with van der Waals surface area (Å²) in [6.07, 6.45) is 1.27. The summed E-state index contributed by atoms with van der Waals surface area (Å²) in [6.45, 7) is 0. The molecule has 18 heavy (non-hydrogen) atoms. The number of nitrogens with one attached hydrogen (secondary N) is 1. The molecular formula is C11H15F2N3OS. The van der Waals surface area contributed by atoms with Gasteiger partial charge >= 0.3 is 0 Å². The van der Waals surface area contributed by atoms with Crippen molar-refractivity contribution in [3.8, 4) is 0 Å². The van der Waals surface area contributed by atoms with Crippen molar-refractivity contribution in [1.82, 2.24) is 9.97 Å². The van der Waals surface area contributed by atoms with E-state index in [0.29, 0.717) is 17.3 Å². The van der Waals surface area contributed by atoms with Crippen molar-refractivity contribution in [1.29, 1.82) is 0 Å². The summed E-state index contributed by atoms with van der Waals surface area (Å²) in [5.74, 6) is -1.90. The Labute approximate surface area is 107 Å². The van der Waals surface area contributed by atoms with E-state index in [-0.39, 0.29) is 30.1 Å². The zero-order chi connectivity index (χ0) is 13.2. The Hall–Kier alpha value is -1.11. The van der Waals surface area contributed by atoms with Gasteiger partial charge in [0.1, 0.15) is 5.82 Å². The largest absolute Gasteiger partial charge is 0.383 e. The van der Waals surface area contributed by atoms with E-state index in [9.17, 15) is 13.6 Å². The maximum absolute atomic E-state index is 13.2. The van der Waals surface area contributed by atoms with Crippen LogP contribution in [-0.2, 0) is 0 Å². The maximum atomic E-state index is 13.2. The minimum Gasteiger partial charge on any atom is -0.383 e. The molecule has 100 valence electrons. The molecule has 0 bridgehead atoms. The molecule has 1 aromatic rings. The molecular weight excluding hydrogens is 260 g/mol. The second-order valence-electron chi connectivity index (χ2n) is 4.60. The number of halogens is 2. The van der Waals surface area contributed by atoms with Gasteiger partial charge in [0.15, 0.2) is 5.16 Å². The van der Waals surface area contributed by atoms with E-state index in [4.69, 9.17) is 5.73 Å². The number of alkyl halides is 2. The number of thioether (sulfide) groups is 1. The number of anilines is 1. The molecule has 4 nitrogen and oxygen atoms in total. The molecule has 1 aromatic heterocycles. The highest BCUT2D eigenvalue weighted by Crippen LogP contribution is 2.38. The summed E-state index contributed by atoms with van der Waals surface area (Å²) in [7, 11) is 0. The highest BCUT2D eigenvalue weighted by atomic mass is 32.2. The predicted octanol–water partition coefficient (Wildman–Crippen LogP) is 2.27. The monoisotopic (exact) mass is 275 g/mol. The standard InChI is InChI=1S/C11H15F2N3OS/c12-11(13)3-1-2-7(5-11)6-18-10-15-8(14)4-9(17)16-10/h4,7H,1-3,5-6H2,(H3,14,15,16,17). The number of H-pyrrole nitrogens is 1. The lowest BCUT2D eigenvalue weighted by molar-refractivity contribution is -0.0487. The molecule has 0 aliphatic heterocycles. The van der Waals surface area contributed by atoms with E-state index < -0.39 is 5.92 Å². The molecule has 1 atom stereocenters. The van der Waals surface area contributed by atoms with Crippen LogP contribution in [0, 0.1) is 5.92 Å². The van der Waals surface area contributed by atoms with Gasteiger partial charge < -0.3 is 10.7 Å². The Morgan fingerprint density at radius 1 is 1.61 bits per heavy atom. The van der Waals surface area contributed by atoms with Crippen LogP contribution in [-0.4, -0.2) is 21.6 Å². The van der Waals surface area contributed by atoms with Gasteiger partial charge in [0.2, 0.25) is 5.92 Å². The number of hydrogen-bond donors (Lipinski definition) is 2. The van der Waals surface area contributed by atoms with Gasteiger partial charge in [-0.3, -0.25) is 4.79 Å². The second-order valence-corrected chi connectivity index (χ2v) is 5.61. The van der Waals surface area contributed by atoms with E-state index in [1.54, 1.807) is 0 Å². The molecule has 1 saturated carbocycles. The molecule has 1 heterocycles. The fraction of sp³-hybridized carbons (Fsp3) is 0.636. The van der Waals surface area contributed by atoms with Crippen LogP contribution in [0.1, 0.15) is 25.7 Å². The molecule has 0 spiro atoms. The number of nitrogens with zero attached hydrogens (tertiary/aromatic N) is 1. The minimum atomic E-state index is -2.54. The average molecular weight is 275 g/mol. The normalized spacial score (nSPS) is 22.9. The number of rotatable bonds is 3. The Kier molecular flexibility index (Phi) is 3.89. The average Bonchev–Trinajstić information content (AvgIpc) is 2.24. The molecule has 0 aromatic carbocycles. The van der Waals surface area contributed by atoms with Gasteiger partial charge in [0, 0.05) is 24.7 Å². The molecule has 0 saturated heterocycles. The van der Waals surface area contributed by atoms with Gasteiger partial charge in [-0.05, 0) is 18.8 Å². The number of hydrogen-bond acceptors (Lipinski definition) is 4. The first-order valence-electron chi connectivity index (χ1n) is 5.82. The third kappa shape index (κ3) is 3.69. The first-order valence-corrected chi connectivity index (χ1v) is 6.81. The predicted molar refractivity (Wildman–Crippen MR) is 66.9 cm³/mol. The van der Waals surface area contributed by atoms with Gasteiger partial charge in [0.25, 0.3) is 5.56 Å². The number of aromatic nitrogens is 2. The molecule has 1 unspecified atom stereocenters. The lowest BCUT2D eigenvalue weighted by Crippen LogP contribution is -2.27. The summed E-state index contributed by atoms with van der Waals surface area (Å²) in [5.41, 5.74) is 5.13. The van der Waals surface area contributed by atoms with Crippen molar-refractivity contribution in [2.75, 3.05) is 11.5 Å². The molecule has 1 fully saturated rings. The lowest BCUT2D eigenvalue weighted by Gasteiger charge is -2.28. The zero-order valence-corrected chi connectivity index (χ0v) is 10.6. The van der Waals surface area contributed by atoms with Crippen molar-refractivity contribution in [2.24, 2.45) is 5.92 Å². The summed E-state index contributed by atoms with van der Waals surface area (Å²) >= 11 is 1.28. The van der Waals surface area contributed by atoms with Crippen molar-refractivity contribution >= 4 is 17.6 Å². The van der Waals surface area contributed by atoms with Crippen LogP contribution in [0.2, 0.25) is 0 Å². The van der Waals surface area contributed by atoms with Crippen molar-refractivity contribution in [2.45, 2.75) is 36.8 Å². The van der Waals surface area contributed by atoms with E-state index in [1.165, 1.54) is 17.8 Å². The third-order valence-corrected chi connectivity index (χ3v) is 4.04. The summed E-state index contributed by atoms with van der Waals surface area (Å²) in [6, 6.07) is 1.19. The minimum absolute atomic E-state index is 0.0124. The fourth-order valence-corrected chi connectivity index (χ4v) is 3.16. The first-order chi connectivity index (χ1) is 8.44. The smallest absolute Gasteiger partial charge is 0.253 e. The topological polar surface area (TPSA) is 71.8 Å². The number of nitrogens with two attached hydrogens (primary N) is 1. The highest BCUT2D eigenvalue weighted by molar-refractivity contribution is 7.99. The summed E-state index contributed by atoms with van der Waals surface area (Å²) < 4.78 is 26.4. The fourth-order valence-electron chi connectivity index (χ4n) is 2.14. The molecule has 0 amide bonds. The van der Waals surface area contributed by atoms with Crippen molar-refractivity contribution in [3.63, 3.8) is 0 Å². The first kappa shape index (κ1) is 13.3. The van der Waals surface area contributed by atoms with Gasteiger partial charge in [-0.25, -0.2) is 13.8 Å². The van der Waals surface area contributed by atoms with Gasteiger partial charge in [-0.15, -0.1) is 0 Å². The molecule has 1 aliphatic carbocycles. The SMILES string of the molecule is Nc1cc(=O)[nH]c(SCC2CCCC(F)(F)C2)n1. The molecule has 7 heteroatoms. The molecule has 3 N–H and O–H groups in total. The Balaban J connectivity index is 1.93. The second kappa shape index (κ2) is 5.26. The Morgan fingerprint density at radius 2 is 2.39 bits per heavy atom. The molecule has 0 radical (unpaired) electrons. The lowest BCUT2D eigenvalue weighted by atomic mass is 9.88. The Bertz CT molecular complexity index is 478. The maximum Gasteiger partial charge on any atom is 0.253 e. The quantitative estimate of drug-likeness (QED) is 0.655. The van der Waals surface area contributed by atoms with E-state index in [0.717, 1.165) is 6.42 Å². The van der Waals surface area contributed by atoms with Gasteiger partial charge in [-0.1, -0.05) is 11.8 Å². The number of aromatic amines is 1. The number of nitrogen functional groups attached to an aromatic ring is 1. The van der Waals surface area contributed by atoms with Crippen LogP contribution in [0.3, 0.4) is 0 Å². The van der Waals surface area contributed by atoms with Gasteiger partial charge in [-0.2, -0.15) is 0 Å². The Morgan fingerprint density at radius 3 is 3.06 bits per heavy atom. The highest BCUT2D eigenvalue weighted by Gasteiger charge is 2.36. The van der Waals surface area contributed by atoms with E-state index in [1.807, 2.05) is 0 Å². The van der Waals surface area contributed by atoms with Crippen LogP contribution >= 0.6 is 11.8 Å². The van der Waals surface area contributed by atoms with Crippen molar-refractivity contribution in [3.05, 3.63) is 16.4 Å². The van der Waals surface area contributed by atoms with Gasteiger partial charge in [0.05, 0.1) is 0 Å². The van der Waals surface area contributed by atoms with Crippen LogP contribution in [0.25, 0.3) is 0 Å². The van der Waals surface area contributed by atoms with Crippen molar-refractivity contribution < 1.29 is 8.78 Å². The third-order valence-electron chi connectivity index (χ3n) is 2.94. The molecule has 2 rings (SSSR count). The van der Waals surface area contributed by atoms with E-state index >= 15 is 0 Å². The van der Waals surface area contributed by atoms with Crippen LogP contribution in [0.4, 0.5) is 14.6 Å². The summed E-state index contributed by atoms with van der Waals surface area (Å²) in [4.78, 5) is 17.6. The molecule has 1 aliphatic rings. The van der Waals surface area contributed by atoms with Crippen LogP contribution < -0.4 is 11.3 Å². The zero-order valence-electron chi connectivity index (χ0n) is 9.79. The summed E-state index contributed by atoms with van der Waals surface area (Å²) in [5, 5.41) is 0.397. The van der Waals surface area contributed by atoms with Crippen LogP contribution in [0.15, 0.2) is 16.0 Å². The van der Waals surface area contributed by atoms with Crippen LogP contribution in [0.5, 0.6) is 0 Å². The van der Waals surface area contributed by atoms with E-state index in [2.05, 4.69) is 9.97 Å².